The van der Waals surface area contributed by atoms with Gasteiger partial charge in [0.2, 0.25) is 0 Å². The number of amides is 2. The van der Waals surface area contributed by atoms with Crippen LogP contribution in [0, 0.1) is 5.82 Å². The lowest BCUT2D eigenvalue weighted by atomic mass is 10.0. The molecule has 1 aliphatic heterocycles. The van der Waals surface area contributed by atoms with Crippen molar-refractivity contribution in [1.82, 2.24) is 9.80 Å². The zero-order valence-electron chi connectivity index (χ0n) is 11.6. The van der Waals surface area contributed by atoms with Crippen LogP contribution in [0.25, 0.3) is 0 Å². The molecule has 0 unspecified atom stereocenters. The molecule has 2 rings (SSSR count). The third-order valence-corrected chi connectivity index (χ3v) is 3.89. The van der Waals surface area contributed by atoms with Crippen LogP contribution in [0.3, 0.4) is 0 Å². The Balaban J connectivity index is 2.10. The number of likely N-dealkylation sites (tertiary alicyclic amines) is 1. The molecule has 1 saturated heterocycles. The van der Waals surface area contributed by atoms with Crippen molar-refractivity contribution in [3.05, 3.63) is 35.6 Å². The summed E-state index contributed by atoms with van der Waals surface area (Å²) < 4.78 is 27.1. The summed E-state index contributed by atoms with van der Waals surface area (Å²) in [4.78, 5) is 24.6. The zero-order valence-corrected chi connectivity index (χ0v) is 12.3. The fourth-order valence-electron chi connectivity index (χ4n) is 2.51. The second kappa shape index (κ2) is 6.91. The summed E-state index contributed by atoms with van der Waals surface area (Å²) in [5, 5.41) is 8.05. The minimum Gasteiger partial charge on any atom is -0.465 e. The highest BCUT2D eigenvalue weighted by molar-refractivity contribution is 6.62. The Morgan fingerprint density at radius 1 is 1.36 bits per heavy atom. The largest absolute Gasteiger partial charge is 0.465 e. The van der Waals surface area contributed by atoms with Crippen LogP contribution >= 0.6 is 11.6 Å². The highest BCUT2D eigenvalue weighted by atomic mass is 35.5. The van der Waals surface area contributed by atoms with Crippen molar-refractivity contribution in [2.75, 3.05) is 13.1 Å². The summed E-state index contributed by atoms with van der Waals surface area (Å²) >= 11 is 5.54. The van der Waals surface area contributed by atoms with Crippen LogP contribution in [-0.4, -0.2) is 51.7 Å². The summed E-state index contributed by atoms with van der Waals surface area (Å²) in [6.07, 6.45) is -2.55. The first kappa shape index (κ1) is 16.5. The van der Waals surface area contributed by atoms with Gasteiger partial charge in [0.15, 0.2) is 0 Å². The Hall–Kier alpha value is -1.89. The minimum absolute atomic E-state index is 0.0424. The number of carbonyl (C=O) groups excluding carboxylic acids is 1. The molecule has 120 valence electrons. The third kappa shape index (κ3) is 3.85. The van der Waals surface area contributed by atoms with Crippen molar-refractivity contribution in [3.8, 4) is 0 Å². The molecule has 0 aromatic heterocycles. The smallest absolute Gasteiger partial charge is 0.407 e. The molecule has 0 bridgehead atoms. The monoisotopic (exact) mass is 332 g/mol. The summed E-state index contributed by atoms with van der Waals surface area (Å²) in [5.74, 6) is -0.411. The van der Waals surface area contributed by atoms with Gasteiger partial charge in [0.1, 0.15) is 12.0 Å². The van der Waals surface area contributed by atoms with Gasteiger partial charge in [0.05, 0.1) is 12.6 Å². The Kier molecular flexibility index (Phi) is 5.18. The molecule has 1 aromatic rings. The summed E-state index contributed by atoms with van der Waals surface area (Å²) in [6.45, 7) is -0.130. The van der Waals surface area contributed by atoms with Gasteiger partial charge in [-0.1, -0.05) is 12.1 Å². The van der Waals surface area contributed by atoms with Gasteiger partial charge < -0.3 is 14.9 Å². The number of benzene rings is 1. The van der Waals surface area contributed by atoms with E-state index in [4.69, 9.17) is 16.7 Å². The van der Waals surface area contributed by atoms with Crippen LogP contribution in [0.2, 0.25) is 0 Å². The highest BCUT2D eigenvalue weighted by Crippen LogP contribution is 2.23. The van der Waals surface area contributed by atoms with E-state index in [9.17, 15) is 18.4 Å². The first-order valence-corrected chi connectivity index (χ1v) is 7.08. The average molecular weight is 333 g/mol. The van der Waals surface area contributed by atoms with E-state index in [1.807, 2.05) is 0 Å². The number of piperidine rings is 1. The van der Waals surface area contributed by atoms with Gasteiger partial charge in [-0.15, -0.1) is 0 Å². The maximum atomic E-state index is 14.2. The number of nitrogens with zero attached hydrogens (tertiary/aromatic N) is 2. The van der Waals surface area contributed by atoms with Gasteiger partial charge >= 0.3 is 11.5 Å². The molecule has 0 spiro atoms. The number of carbonyl (C=O) groups is 2. The van der Waals surface area contributed by atoms with Crippen molar-refractivity contribution >= 4 is 23.1 Å². The number of carboxylic acid groups (broad SMARTS) is 1. The molecule has 1 aliphatic rings. The van der Waals surface area contributed by atoms with E-state index < -0.39 is 29.5 Å². The van der Waals surface area contributed by atoms with E-state index in [0.717, 1.165) is 9.80 Å². The van der Waals surface area contributed by atoms with Crippen molar-refractivity contribution in [2.24, 2.45) is 0 Å². The van der Waals surface area contributed by atoms with Gasteiger partial charge in [0.25, 0.3) is 0 Å². The molecule has 0 radical (unpaired) electrons. The lowest BCUT2D eigenvalue weighted by Gasteiger charge is -2.38. The number of halogens is 3. The Morgan fingerprint density at radius 3 is 2.50 bits per heavy atom. The van der Waals surface area contributed by atoms with Crippen LogP contribution in [-0.2, 0) is 6.54 Å². The minimum atomic E-state index is -1.52. The van der Waals surface area contributed by atoms with E-state index in [-0.39, 0.29) is 26.1 Å². The quantitative estimate of drug-likeness (QED) is 0.683. The van der Waals surface area contributed by atoms with E-state index in [0.29, 0.717) is 5.56 Å². The molecule has 5 nitrogen and oxygen atoms in total. The van der Waals surface area contributed by atoms with Crippen molar-refractivity contribution in [3.63, 3.8) is 0 Å². The predicted octanol–water partition coefficient (Wildman–Crippen LogP) is 3.08. The van der Waals surface area contributed by atoms with Crippen LogP contribution in [0.15, 0.2) is 24.3 Å². The third-order valence-electron chi connectivity index (χ3n) is 3.67. The molecule has 0 saturated carbocycles. The first-order valence-electron chi connectivity index (χ1n) is 6.71. The van der Waals surface area contributed by atoms with Gasteiger partial charge in [0, 0.05) is 13.1 Å². The first-order chi connectivity index (χ1) is 10.4. The van der Waals surface area contributed by atoms with Crippen molar-refractivity contribution in [2.45, 2.75) is 25.2 Å². The Bertz CT molecular complexity index is 556. The lowest BCUT2D eigenvalue weighted by molar-refractivity contribution is 0.0523. The van der Waals surface area contributed by atoms with Gasteiger partial charge in [-0.25, -0.2) is 13.6 Å². The summed E-state index contributed by atoms with van der Waals surface area (Å²) in [7, 11) is 0. The van der Waals surface area contributed by atoms with Crippen molar-refractivity contribution in [1.29, 1.82) is 0 Å². The molecule has 1 aromatic carbocycles. The molecule has 22 heavy (non-hydrogen) atoms. The van der Waals surface area contributed by atoms with Gasteiger partial charge in [-0.05, 0) is 35.7 Å². The number of alkyl halides is 1. The topological polar surface area (TPSA) is 60.9 Å². The summed E-state index contributed by atoms with van der Waals surface area (Å²) in [6, 6.07) is 4.66. The number of hydrogen-bond acceptors (Lipinski definition) is 2. The van der Waals surface area contributed by atoms with E-state index in [1.165, 1.54) is 24.3 Å². The molecule has 8 heteroatoms. The van der Waals surface area contributed by atoms with Crippen molar-refractivity contribution < 1.29 is 23.5 Å². The molecule has 1 N–H and O–H groups in total. The predicted molar refractivity (Wildman–Crippen MR) is 76.1 cm³/mol. The normalized spacial score (nSPS) is 21.5. The van der Waals surface area contributed by atoms with Gasteiger partial charge in [-0.2, -0.15) is 0 Å². The molecule has 1 fully saturated rings. The number of hydrogen-bond donors (Lipinski definition) is 1. The molecular weight excluding hydrogens is 318 g/mol. The second-order valence-corrected chi connectivity index (χ2v) is 5.43. The fourth-order valence-corrected chi connectivity index (χ4v) is 2.70. The maximum absolute atomic E-state index is 14.2. The standard InChI is InChI=1S/C14H15ClF2N2O3/c15-13(20)19(7-9-1-3-10(16)4-2-9)12-5-6-18(14(21)22)8-11(12)17/h1-4,11-12H,5-8H2,(H,21,22)/t11-,12+/m1/s1. The average Bonchev–Trinajstić information content (AvgIpc) is 2.46. The zero-order chi connectivity index (χ0) is 16.3. The van der Waals surface area contributed by atoms with Gasteiger partial charge in [-0.3, -0.25) is 4.79 Å². The summed E-state index contributed by atoms with van der Waals surface area (Å²) in [5.41, 5.74) is 0.614. The van der Waals surface area contributed by atoms with E-state index in [1.54, 1.807) is 0 Å². The molecule has 2 atom stereocenters. The van der Waals surface area contributed by atoms with Crippen LogP contribution in [0.4, 0.5) is 18.4 Å². The van der Waals surface area contributed by atoms with Crippen LogP contribution in [0.5, 0.6) is 0 Å². The second-order valence-electron chi connectivity index (χ2n) is 5.11. The van der Waals surface area contributed by atoms with Crippen LogP contribution < -0.4 is 0 Å². The number of rotatable bonds is 3. The lowest BCUT2D eigenvalue weighted by Crippen LogP contribution is -2.54. The van der Waals surface area contributed by atoms with E-state index in [2.05, 4.69) is 0 Å². The molecular formula is C14H15ClF2N2O3. The maximum Gasteiger partial charge on any atom is 0.407 e. The SMILES string of the molecule is O=C(O)N1CC[C@H](N(Cc2ccc(F)cc2)C(=O)Cl)[C@H](F)C1. The molecule has 0 aliphatic carbocycles. The fraction of sp³-hybridized carbons (Fsp3) is 0.429. The Morgan fingerprint density at radius 2 is 2.00 bits per heavy atom. The Labute approximate surface area is 131 Å². The van der Waals surface area contributed by atoms with Crippen LogP contribution in [0.1, 0.15) is 12.0 Å². The van der Waals surface area contributed by atoms with E-state index >= 15 is 0 Å². The molecule has 2 amide bonds. The molecule has 1 heterocycles. The highest BCUT2D eigenvalue weighted by Gasteiger charge is 2.36.